The maximum atomic E-state index is 11.7. The van der Waals surface area contributed by atoms with Gasteiger partial charge in [-0.25, -0.2) is 9.78 Å². The second-order valence-corrected chi connectivity index (χ2v) is 4.90. The summed E-state index contributed by atoms with van der Waals surface area (Å²) in [6.07, 6.45) is 0. The van der Waals surface area contributed by atoms with E-state index in [1.807, 2.05) is 0 Å². The van der Waals surface area contributed by atoms with E-state index in [9.17, 15) is 4.79 Å². The van der Waals surface area contributed by atoms with Gasteiger partial charge in [-0.05, 0) is 33.8 Å². The lowest BCUT2D eigenvalue weighted by atomic mass is 10.2. The zero-order valence-electron chi connectivity index (χ0n) is 9.80. The first-order valence-electron chi connectivity index (χ1n) is 4.86. The molecule has 0 aromatic carbocycles. The summed E-state index contributed by atoms with van der Waals surface area (Å²) < 4.78 is 5.18. The van der Waals surface area contributed by atoms with E-state index >= 15 is 0 Å². The van der Waals surface area contributed by atoms with Crippen molar-refractivity contribution in [3.05, 3.63) is 22.3 Å². The van der Waals surface area contributed by atoms with Crippen molar-refractivity contribution in [1.82, 2.24) is 4.98 Å². The minimum atomic E-state index is -0.569. The van der Waals surface area contributed by atoms with Gasteiger partial charge in [-0.2, -0.15) is 0 Å². The highest BCUT2D eigenvalue weighted by molar-refractivity contribution is 6.31. The number of pyridine rings is 1. The quantitative estimate of drug-likeness (QED) is 0.769. The van der Waals surface area contributed by atoms with Crippen LogP contribution in [0.3, 0.4) is 0 Å². The van der Waals surface area contributed by atoms with E-state index in [0.717, 1.165) is 0 Å². The van der Waals surface area contributed by atoms with E-state index < -0.39 is 11.6 Å². The van der Waals surface area contributed by atoms with Crippen molar-refractivity contribution in [1.29, 1.82) is 0 Å². The molecule has 2 N–H and O–H groups in total. The molecule has 0 fully saturated rings. The van der Waals surface area contributed by atoms with Crippen molar-refractivity contribution in [2.24, 2.45) is 0 Å². The van der Waals surface area contributed by atoms with Crippen LogP contribution in [0.2, 0.25) is 5.02 Å². The van der Waals surface area contributed by atoms with Crippen molar-refractivity contribution in [2.75, 3.05) is 5.73 Å². The summed E-state index contributed by atoms with van der Waals surface area (Å²) in [6.45, 7) is 7.07. The molecule has 0 atom stereocenters. The highest BCUT2D eigenvalue weighted by Crippen LogP contribution is 2.21. The van der Waals surface area contributed by atoms with E-state index in [1.54, 1.807) is 27.7 Å². The Hall–Kier alpha value is -1.29. The van der Waals surface area contributed by atoms with Crippen LogP contribution < -0.4 is 5.73 Å². The number of ether oxygens (including phenoxy) is 1. The fraction of sp³-hybridized carbons (Fsp3) is 0.455. The third-order valence-electron chi connectivity index (χ3n) is 1.80. The molecule has 0 saturated carbocycles. The van der Waals surface area contributed by atoms with Crippen LogP contribution in [-0.4, -0.2) is 16.6 Å². The van der Waals surface area contributed by atoms with Gasteiger partial charge in [-0.3, -0.25) is 0 Å². The van der Waals surface area contributed by atoms with Crippen LogP contribution in [0.15, 0.2) is 6.07 Å². The van der Waals surface area contributed by atoms with Gasteiger partial charge < -0.3 is 10.5 Å². The lowest BCUT2D eigenvalue weighted by Crippen LogP contribution is -2.24. The molecule has 88 valence electrons. The van der Waals surface area contributed by atoms with Gasteiger partial charge in [0.15, 0.2) is 0 Å². The van der Waals surface area contributed by atoms with Crippen molar-refractivity contribution in [2.45, 2.75) is 33.3 Å². The predicted molar refractivity (Wildman–Crippen MR) is 63.6 cm³/mol. The molecule has 0 aliphatic carbocycles. The standard InChI is InChI=1S/C11H15ClN2O2/c1-6-8(12)5-7(9(13)14-6)10(15)16-11(2,3)4/h5H,1-4H3,(H2,13,14). The number of rotatable bonds is 1. The van der Waals surface area contributed by atoms with E-state index in [-0.39, 0.29) is 11.4 Å². The van der Waals surface area contributed by atoms with Gasteiger partial charge in [-0.1, -0.05) is 11.6 Å². The van der Waals surface area contributed by atoms with Crippen LogP contribution in [0.5, 0.6) is 0 Å². The molecule has 0 spiro atoms. The lowest BCUT2D eigenvalue weighted by Gasteiger charge is -2.20. The number of nitrogens with zero attached hydrogens (tertiary/aromatic N) is 1. The fourth-order valence-corrected chi connectivity index (χ4v) is 1.25. The Bertz CT molecular complexity index is 425. The molecular formula is C11H15ClN2O2. The molecule has 0 aliphatic rings. The average molecular weight is 243 g/mol. The van der Waals surface area contributed by atoms with Gasteiger partial charge >= 0.3 is 5.97 Å². The molecular weight excluding hydrogens is 228 g/mol. The second kappa shape index (κ2) is 4.29. The molecule has 0 unspecified atom stereocenters. The molecule has 0 amide bonds. The minimum absolute atomic E-state index is 0.135. The third kappa shape index (κ3) is 3.10. The molecule has 1 heterocycles. The average Bonchev–Trinajstić information content (AvgIpc) is 2.08. The highest BCUT2D eigenvalue weighted by atomic mass is 35.5. The summed E-state index contributed by atoms with van der Waals surface area (Å²) in [5.41, 5.74) is 5.86. The van der Waals surface area contributed by atoms with Crippen molar-refractivity contribution in [3.8, 4) is 0 Å². The first kappa shape index (κ1) is 12.8. The molecule has 16 heavy (non-hydrogen) atoms. The molecule has 4 nitrogen and oxygen atoms in total. The summed E-state index contributed by atoms with van der Waals surface area (Å²) in [5.74, 6) is -0.379. The second-order valence-electron chi connectivity index (χ2n) is 4.49. The van der Waals surface area contributed by atoms with Crippen molar-refractivity contribution >= 4 is 23.4 Å². The number of anilines is 1. The van der Waals surface area contributed by atoms with Gasteiger partial charge in [0, 0.05) is 0 Å². The zero-order valence-corrected chi connectivity index (χ0v) is 10.6. The Morgan fingerprint density at radius 3 is 2.56 bits per heavy atom. The normalized spacial score (nSPS) is 11.3. The summed E-state index contributed by atoms with van der Waals surface area (Å²) in [7, 11) is 0. The number of nitrogens with two attached hydrogens (primary N) is 1. The summed E-state index contributed by atoms with van der Waals surface area (Å²) in [4.78, 5) is 15.7. The minimum Gasteiger partial charge on any atom is -0.456 e. The number of aromatic nitrogens is 1. The van der Waals surface area contributed by atoms with E-state index in [0.29, 0.717) is 10.7 Å². The maximum Gasteiger partial charge on any atom is 0.342 e. The number of hydrogen-bond acceptors (Lipinski definition) is 4. The Kier molecular flexibility index (Phi) is 3.43. The number of hydrogen-bond donors (Lipinski definition) is 1. The van der Waals surface area contributed by atoms with E-state index in [2.05, 4.69) is 4.98 Å². The number of aryl methyl sites for hydroxylation is 1. The predicted octanol–water partition coefficient (Wildman–Crippen LogP) is 2.58. The highest BCUT2D eigenvalue weighted by Gasteiger charge is 2.21. The number of esters is 1. The smallest absolute Gasteiger partial charge is 0.342 e. The fourth-order valence-electron chi connectivity index (χ4n) is 1.10. The van der Waals surface area contributed by atoms with Gasteiger partial charge in [0.2, 0.25) is 0 Å². The van der Waals surface area contributed by atoms with Gasteiger partial charge in [0.1, 0.15) is 17.0 Å². The first-order chi connectivity index (χ1) is 7.20. The SMILES string of the molecule is Cc1nc(N)c(C(=O)OC(C)(C)C)cc1Cl. The molecule has 0 bridgehead atoms. The molecule has 1 aromatic rings. The summed E-state index contributed by atoms with van der Waals surface area (Å²) in [5, 5.41) is 0.398. The van der Waals surface area contributed by atoms with Crippen LogP contribution in [0.1, 0.15) is 36.8 Å². The van der Waals surface area contributed by atoms with E-state index in [4.69, 9.17) is 22.1 Å². The molecule has 1 aromatic heterocycles. The van der Waals surface area contributed by atoms with E-state index in [1.165, 1.54) is 6.07 Å². The summed E-state index contributed by atoms with van der Waals surface area (Å²) >= 11 is 5.88. The number of halogens is 1. The van der Waals surface area contributed by atoms with Crippen LogP contribution in [-0.2, 0) is 4.74 Å². The van der Waals surface area contributed by atoms with Crippen LogP contribution in [0, 0.1) is 6.92 Å². The number of carbonyl (C=O) groups is 1. The van der Waals surface area contributed by atoms with Crippen LogP contribution in [0.25, 0.3) is 0 Å². The third-order valence-corrected chi connectivity index (χ3v) is 2.18. The monoisotopic (exact) mass is 242 g/mol. The Morgan fingerprint density at radius 2 is 2.06 bits per heavy atom. The van der Waals surface area contributed by atoms with Gasteiger partial charge in [0.25, 0.3) is 0 Å². The maximum absolute atomic E-state index is 11.7. The number of carbonyl (C=O) groups excluding carboxylic acids is 1. The molecule has 0 saturated heterocycles. The zero-order chi connectivity index (χ0) is 12.5. The van der Waals surface area contributed by atoms with Gasteiger partial charge in [-0.15, -0.1) is 0 Å². The van der Waals surface area contributed by atoms with Crippen LogP contribution >= 0.6 is 11.6 Å². The van der Waals surface area contributed by atoms with Crippen molar-refractivity contribution in [3.63, 3.8) is 0 Å². The Labute approximate surface area is 99.8 Å². The first-order valence-corrected chi connectivity index (χ1v) is 5.24. The molecule has 0 aliphatic heterocycles. The Morgan fingerprint density at radius 1 is 1.50 bits per heavy atom. The van der Waals surface area contributed by atoms with Crippen molar-refractivity contribution < 1.29 is 9.53 Å². The van der Waals surface area contributed by atoms with Crippen LogP contribution in [0.4, 0.5) is 5.82 Å². The summed E-state index contributed by atoms with van der Waals surface area (Å²) in [6, 6.07) is 1.48. The number of nitrogen functional groups attached to an aromatic ring is 1. The Balaban J connectivity index is 3.05. The molecule has 5 heteroatoms. The van der Waals surface area contributed by atoms with Gasteiger partial charge in [0.05, 0.1) is 10.7 Å². The topological polar surface area (TPSA) is 65.2 Å². The lowest BCUT2D eigenvalue weighted by molar-refractivity contribution is 0.00705. The molecule has 1 rings (SSSR count). The molecule has 0 radical (unpaired) electrons. The largest absolute Gasteiger partial charge is 0.456 e.